The average molecular weight is 545 g/mol. The lowest BCUT2D eigenvalue weighted by Crippen LogP contribution is -2.61. The zero-order chi connectivity index (χ0) is 28.2. The molecule has 2 aromatic heterocycles. The van der Waals surface area contributed by atoms with Gasteiger partial charge in [-0.1, -0.05) is 12.7 Å². The summed E-state index contributed by atoms with van der Waals surface area (Å²) in [5.41, 5.74) is 10.3. The van der Waals surface area contributed by atoms with E-state index < -0.39 is 5.82 Å². The van der Waals surface area contributed by atoms with Gasteiger partial charge in [0.2, 0.25) is 5.91 Å². The summed E-state index contributed by atoms with van der Waals surface area (Å²) in [7, 11) is 1.83. The van der Waals surface area contributed by atoms with Gasteiger partial charge < -0.3 is 25.3 Å². The highest BCUT2D eigenvalue weighted by Gasteiger charge is 2.50. The van der Waals surface area contributed by atoms with E-state index in [1.807, 2.05) is 11.6 Å². The number of nitrogen functional groups attached to an aromatic ring is 1. The summed E-state index contributed by atoms with van der Waals surface area (Å²) < 4.78 is 23.0. The molecule has 2 saturated heterocycles. The molecule has 0 unspecified atom stereocenters. The molecular weight excluding hydrogens is 511 g/mol. The van der Waals surface area contributed by atoms with Crippen molar-refractivity contribution in [2.75, 3.05) is 30.8 Å². The van der Waals surface area contributed by atoms with Gasteiger partial charge in [-0.15, -0.1) is 0 Å². The first kappa shape index (κ1) is 26.2. The third-order valence-corrected chi connectivity index (χ3v) is 8.55. The summed E-state index contributed by atoms with van der Waals surface area (Å²) in [6.45, 7) is 7.27. The number of allylic oxidation sites excluding steroid dienone is 2. The van der Waals surface area contributed by atoms with Crippen LogP contribution < -0.4 is 11.1 Å². The molecule has 4 heterocycles. The molecule has 1 atom stereocenters. The molecule has 2 aliphatic heterocycles. The zero-order valence-electron chi connectivity index (χ0n) is 22.8. The number of benzene rings is 1. The highest BCUT2D eigenvalue weighted by atomic mass is 19.1. The van der Waals surface area contributed by atoms with Crippen molar-refractivity contribution in [2.45, 2.75) is 44.6 Å². The summed E-state index contributed by atoms with van der Waals surface area (Å²) in [5, 5.41) is 3.33. The van der Waals surface area contributed by atoms with E-state index in [0.717, 1.165) is 30.5 Å². The molecule has 0 bridgehead atoms. The van der Waals surface area contributed by atoms with Gasteiger partial charge in [-0.05, 0) is 62.8 Å². The lowest BCUT2D eigenvalue weighted by atomic mass is 9.83. The van der Waals surface area contributed by atoms with Gasteiger partial charge in [0.1, 0.15) is 23.6 Å². The van der Waals surface area contributed by atoms with E-state index in [1.165, 1.54) is 12.4 Å². The first-order valence-electron chi connectivity index (χ1n) is 13.6. The van der Waals surface area contributed by atoms with E-state index in [4.69, 9.17) is 10.5 Å². The third kappa shape index (κ3) is 4.18. The minimum Gasteiger partial charge on any atom is -0.383 e. The van der Waals surface area contributed by atoms with Gasteiger partial charge in [0.05, 0.1) is 29.8 Å². The second-order valence-electron chi connectivity index (χ2n) is 11.2. The summed E-state index contributed by atoms with van der Waals surface area (Å²) in [6, 6.07) is 4.61. The van der Waals surface area contributed by atoms with Crippen molar-refractivity contribution in [3.63, 3.8) is 0 Å². The molecule has 2 fully saturated rings. The molecule has 2 amide bonds. The molecular formula is C30H33FN6O3. The number of nitrogens with zero attached hydrogens (tertiary/aromatic N) is 4. The number of carbonyl (C=O) groups is 2. The Morgan fingerprint density at radius 3 is 2.73 bits per heavy atom. The molecule has 1 spiro atoms. The van der Waals surface area contributed by atoms with Gasteiger partial charge >= 0.3 is 0 Å². The van der Waals surface area contributed by atoms with Crippen LogP contribution in [0.3, 0.4) is 0 Å². The standard InChI is InChI=1S/C30H33FN6O3/c1-17(2)28(38)35-20-9-10-21(22(31)13-20)25-23(24-26(32)33-16-34-27(24)36(25)3)18-5-7-19(8-6-18)29(39)37-12-4-11-30(37)14-40-15-30/h5,9-10,13,16,19H,1,4,6-8,11-12,14-15H2,2-3H3,(H,35,38)(H2,32,33,34)/t19-/m1/s1. The van der Waals surface area contributed by atoms with Crippen LogP contribution in [0, 0.1) is 11.7 Å². The van der Waals surface area contributed by atoms with Crippen LogP contribution in [-0.2, 0) is 21.4 Å². The minimum atomic E-state index is -0.496. The second-order valence-corrected chi connectivity index (χ2v) is 11.2. The van der Waals surface area contributed by atoms with Crippen LogP contribution in [0.25, 0.3) is 27.9 Å². The number of ether oxygens (including phenoxy) is 1. The van der Waals surface area contributed by atoms with Crippen molar-refractivity contribution < 1.29 is 18.7 Å². The van der Waals surface area contributed by atoms with Crippen molar-refractivity contribution >= 4 is 39.9 Å². The van der Waals surface area contributed by atoms with Gasteiger partial charge in [-0.25, -0.2) is 14.4 Å². The Bertz CT molecular complexity index is 1590. The molecule has 3 N–H and O–H groups in total. The van der Waals surface area contributed by atoms with E-state index in [2.05, 4.69) is 32.8 Å². The van der Waals surface area contributed by atoms with E-state index in [1.54, 1.807) is 19.1 Å². The Hall–Kier alpha value is -4.05. The smallest absolute Gasteiger partial charge is 0.250 e. The number of likely N-dealkylation sites (tertiary alicyclic amines) is 1. The quantitative estimate of drug-likeness (QED) is 0.459. The number of fused-ring (bicyclic) bond motifs is 1. The molecule has 1 aliphatic carbocycles. The van der Waals surface area contributed by atoms with E-state index in [-0.39, 0.29) is 23.3 Å². The number of hydrogen-bond acceptors (Lipinski definition) is 6. The molecule has 1 aromatic carbocycles. The van der Waals surface area contributed by atoms with Crippen molar-refractivity contribution in [1.29, 1.82) is 0 Å². The Labute approximate surface area is 231 Å². The number of nitrogens with two attached hydrogens (primary N) is 1. The van der Waals surface area contributed by atoms with Crippen LogP contribution in [0.2, 0.25) is 0 Å². The lowest BCUT2D eigenvalue weighted by molar-refractivity contribution is -0.162. The maximum atomic E-state index is 15.7. The molecule has 10 heteroatoms. The first-order chi connectivity index (χ1) is 19.2. The van der Waals surface area contributed by atoms with Crippen LogP contribution in [0.5, 0.6) is 0 Å². The highest BCUT2D eigenvalue weighted by Crippen LogP contribution is 2.45. The van der Waals surface area contributed by atoms with Crippen LogP contribution in [0.4, 0.5) is 15.9 Å². The SMILES string of the molecule is C=C(C)C(=O)Nc1ccc(-c2c(C3=CC[C@@H](C(=O)N4CCCC45COC5)CC3)c3c(N)ncnc3n2C)c(F)c1. The van der Waals surface area contributed by atoms with E-state index >= 15 is 4.39 Å². The van der Waals surface area contributed by atoms with Gasteiger partial charge in [-0.3, -0.25) is 9.59 Å². The second kappa shape index (κ2) is 9.85. The van der Waals surface area contributed by atoms with E-state index in [0.29, 0.717) is 71.8 Å². The number of nitrogens with one attached hydrogen (secondary N) is 1. The number of aromatic nitrogens is 3. The number of anilines is 2. The van der Waals surface area contributed by atoms with E-state index in [9.17, 15) is 9.59 Å². The Morgan fingerprint density at radius 2 is 2.08 bits per heavy atom. The number of hydrogen-bond donors (Lipinski definition) is 2. The van der Waals surface area contributed by atoms with Gasteiger partial charge in [0.15, 0.2) is 0 Å². The number of halogens is 1. The predicted octanol–water partition coefficient (Wildman–Crippen LogP) is 4.45. The van der Waals surface area contributed by atoms with Crippen molar-refractivity contribution in [1.82, 2.24) is 19.4 Å². The molecule has 0 radical (unpaired) electrons. The van der Waals surface area contributed by atoms with Gasteiger partial charge in [0.25, 0.3) is 5.91 Å². The van der Waals surface area contributed by atoms with Crippen LogP contribution in [0.1, 0.15) is 44.6 Å². The molecule has 3 aliphatic rings. The Morgan fingerprint density at radius 1 is 1.27 bits per heavy atom. The average Bonchev–Trinajstić information content (AvgIpc) is 3.50. The van der Waals surface area contributed by atoms with Crippen LogP contribution in [-0.4, -0.2) is 56.5 Å². The Kier molecular flexibility index (Phi) is 6.45. The largest absolute Gasteiger partial charge is 0.383 e. The molecule has 40 heavy (non-hydrogen) atoms. The monoisotopic (exact) mass is 544 g/mol. The number of amides is 2. The van der Waals surface area contributed by atoms with Crippen LogP contribution >= 0.6 is 0 Å². The van der Waals surface area contributed by atoms with Crippen molar-refractivity contribution in [3.8, 4) is 11.3 Å². The maximum absolute atomic E-state index is 15.7. The van der Waals surface area contributed by atoms with Gasteiger partial charge in [0, 0.05) is 41.9 Å². The summed E-state index contributed by atoms with van der Waals surface area (Å²) in [5.74, 6) is -0.447. The minimum absolute atomic E-state index is 0.0979. The fourth-order valence-corrected chi connectivity index (χ4v) is 6.35. The number of carbonyl (C=O) groups excluding carboxylic acids is 2. The fraction of sp³-hybridized carbons (Fsp3) is 0.400. The molecule has 3 aromatic rings. The topological polar surface area (TPSA) is 115 Å². The van der Waals surface area contributed by atoms with Crippen molar-refractivity contribution in [2.24, 2.45) is 13.0 Å². The van der Waals surface area contributed by atoms with Gasteiger partial charge in [-0.2, -0.15) is 0 Å². The summed E-state index contributed by atoms with van der Waals surface area (Å²) >= 11 is 0. The molecule has 9 nitrogen and oxygen atoms in total. The highest BCUT2D eigenvalue weighted by molar-refractivity contribution is 6.05. The first-order valence-corrected chi connectivity index (χ1v) is 13.6. The fourth-order valence-electron chi connectivity index (χ4n) is 6.35. The Balaban J connectivity index is 1.37. The van der Waals surface area contributed by atoms with Crippen molar-refractivity contribution in [3.05, 3.63) is 54.1 Å². The number of aryl methyl sites for hydroxylation is 1. The third-order valence-electron chi connectivity index (χ3n) is 8.55. The predicted molar refractivity (Wildman–Crippen MR) is 152 cm³/mol. The molecule has 0 saturated carbocycles. The normalized spacial score (nSPS) is 19.9. The molecule has 208 valence electrons. The summed E-state index contributed by atoms with van der Waals surface area (Å²) in [6.07, 6.45) is 7.45. The zero-order valence-corrected chi connectivity index (χ0v) is 22.8. The lowest BCUT2D eigenvalue weighted by Gasteiger charge is -2.46. The maximum Gasteiger partial charge on any atom is 0.250 e. The molecule has 6 rings (SSSR count). The number of rotatable bonds is 5. The van der Waals surface area contributed by atoms with Crippen LogP contribution in [0.15, 0.2) is 42.8 Å². The summed E-state index contributed by atoms with van der Waals surface area (Å²) in [4.78, 5) is 36.3.